The summed E-state index contributed by atoms with van der Waals surface area (Å²) in [4.78, 5) is 0. The molecule has 0 aromatic rings. The summed E-state index contributed by atoms with van der Waals surface area (Å²) in [6.45, 7) is 0. The van der Waals surface area contributed by atoms with Gasteiger partial charge < -0.3 is 21.9 Å². The Labute approximate surface area is 96.4 Å². The summed E-state index contributed by atoms with van der Waals surface area (Å²) in [7, 11) is 0. The fraction of sp³-hybridized carbons (Fsp3) is 0. The molecule has 0 saturated heterocycles. The summed E-state index contributed by atoms with van der Waals surface area (Å²) in [6, 6.07) is 0. The molecule has 0 aromatic heterocycles. The van der Waals surface area contributed by atoms with Gasteiger partial charge in [-0.3, -0.25) is 0 Å². The van der Waals surface area contributed by atoms with Crippen molar-refractivity contribution >= 4 is 0 Å². The largest absolute Gasteiger partial charge is 2.00 e. The summed E-state index contributed by atoms with van der Waals surface area (Å²) >= 11 is 0. The molecule has 0 aliphatic rings. The molecule has 7 heteroatoms. The van der Waals surface area contributed by atoms with Crippen molar-refractivity contribution in [3.8, 4) is 0 Å². The molecule has 7 heavy (non-hydrogen) atoms. The number of rotatable bonds is 0. The van der Waals surface area contributed by atoms with Crippen molar-refractivity contribution in [3.63, 3.8) is 0 Å². The molecule has 0 spiro atoms. The van der Waals surface area contributed by atoms with E-state index in [9.17, 15) is 0 Å². The molecule has 0 atom stereocenters. The predicted octanol–water partition coefficient (Wildman–Crippen LogP) is -9.29. The van der Waals surface area contributed by atoms with Crippen LogP contribution in [0.4, 0.5) is 0 Å². The van der Waals surface area contributed by atoms with Crippen LogP contribution in [0.2, 0.25) is 0 Å². The maximum Gasteiger partial charge on any atom is 2.00 e. The van der Waals surface area contributed by atoms with Crippen LogP contribution >= 0.6 is 0 Å². The Morgan fingerprint density at radius 1 is 0.429 bits per heavy atom. The molecular formula is H8CoNa2O4+4. The summed E-state index contributed by atoms with van der Waals surface area (Å²) < 4.78 is 0. The van der Waals surface area contributed by atoms with Gasteiger partial charge in [-0.25, -0.2) is 0 Å². The minimum absolute atomic E-state index is 0. The van der Waals surface area contributed by atoms with E-state index in [4.69, 9.17) is 0 Å². The van der Waals surface area contributed by atoms with Gasteiger partial charge in [-0.05, 0) is 0 Å². The van der Waals surface area contributed by atoms with Crippen LogP contribution in [0.25, 0.3) is 0 Å². The van der Waals surface area contributed by atoms with E-state index in [2.05, 4.69) is 0 Å². The molecule has 0 rings (SSSR count). The Morgan fingerprint density at radius 3 is 0.429 bits per heavy atom. The molecule has 0 aromatic carbocycles. The third-order valence-corrected chi connectivity index (χ3v) is 0. The quantitative estimate of drug-likeness (QED) is 0.325. The maximum atomic E-state index is 0. The van der Waals surface area contributed by atoms with Crippen molar-refractivity contribution in [1.82, 2.24) is 0 Å². The second-order valence-corrected chi connectivity index (χ2v) is 0. The SMILES string of the molecule is O.O.O.O.[Co+2].[Na+].[Na+]. The van der Waals surface area contributed by atoms with Crippen LogP contribution in [0.15, 0.2) is 0 Å². The first-order chi connectivity index (χ1) is 0. The van der Waals surface area contributed by atoms with Crippen molar-refractivity contribution in [2.45, 2.75) is 0 Å². The van der Waals surface area contributed by atoms with E-state index in [1.165, 1.54) is 0 Å². The normalized spacial score (nSPS) is 0. The van der Waals surface area contributed by atoms with Gasteiger partial charge in [0.05, 0.1) is 0 Å². The minimum atomic E-state index is 0. The van der Waals surface area contributed by atoms with Crippen molar-refractivity contribution in [2.24, 2.45) is 0 Å². The molecule has 0 bridgehead atoms. The summed E-state index contributed by atoms with van der Waals surface area (Å²) in [5.41, 5.74) is 0. The van der Waals surface area contributed by atoms with Crippen LogP contribution in [-0.2, 0) is 16.8 Å². The van der Waals surface area contributed by atoms with Crippen LogP contribution in [0.1, 0.15) is 0 Å². The van der Waals surface area contributed by atoms with Crippen LogP contribution in [0.5, 0.6) is 0 Å². The van der Waals surface area contributed by atoms with Crippen LogP contribution in [0, 0.1) is 0 Å². The van der Waals surface area contributed by atoms with E-state index in [-0.39, 0.29) is 97.8 Å². The Balaban J connectivity index is 0. The minimum Gasteiger partial charge on any atom is -0.412 e. The molecule has 0 heterocycles. The molecule has 8 N–H and O–H groups in total. The molecule has 1 radical (unpaired) electrons. The molecule has 0 unspecified atom stereocenters. The standard InChI is InChI=1S/Co.2Na.4H2O/h;;;4*1H2/q+2;2*+1;;;;. The van der Waals surface area contributed by atoms with Crippen molar-refractivity contribution < 1.29 is 97.8 Å². The average molecular weight is 177 g/mol. The third kappa shape index (κ3) is 61.1. The summed E-state index contributed by atoms with van der Waals surface area (Å²) in [5, 5.41) is 0. The van der Waals surface area contributed by atoms with Crippen molar-refractivity contribution in [2.75, 3.05) is 0 Å². The second kappa shape index (κ2) is 81.8. The van der Waals surface area contributed by atoms with Gasteiger partial charge in [0.2, 0.25) is 0 Å². The topological polar surface area (TPSA) is 126 Å². The average Bonchev–Trinajstić information content (AvgIpc) is 0. The predicted molar refractivity (Wildman–Crippen MR) is 14.5 cm³/mol. The Morgan fingerprint density at radius 2 is 0.429 bits per heavy atom. The van der Waals surface area contributed by atoms with Crippen LogP contribution in [0.3, 0.4) is 0 Å². The Bertz CT molecular complexity index is 9.65. The number of hydrogen-bond acceptors (Lipinski definition) is 0. The molecule has 0 aliphatic carbocycles. The Kier molecular flexibility index (Phi) is 1380. The van der Waals surface area contributed by atoms with E-state index in [0.29, 0.717) is 0 Å². The van der Waals surface area contributed by atoms with Crippen LogP contribution < -0.4 is 59.1 Å². The third-order valence-electron chi connectivity index (χ3n) is 0. The zero-order valence-electron chi connectivity index (χ0n) is 4.33. The zero-order valence-corrected chi connectivity index (χ0v) is 9.37. The number of hydrogen-bond donors (Lipinski definition) is 0. The molecule has 0 saturated carbocycles. The monoisotopic (exact) mass is 177 g/mol. The molecule has 0 amide bonds. The fourth-order valence-electron chi connectivity index (χ4n) is 0. The Hall–Kier alpha value is 2.35. The summed E-state index contributed by atoms with van der Waals surface area (Å²) in [5.74, 6) is 0. The van der Waals surface area contributed by atoms with E-state index >= 15 is 0 Å². The van der Waals surface area contributed by atoms with E-state index in [0.717, 1.165) is 0 Å². The molecule has 39 valence electrons. The van der Waals surface area contributed by atoms with Gasteiger partial charge in [-0.1, -0.05) is 0 Å². The smallest absolute Gasteiger partial charge is 0.412 e. The van der Waals surface area contributed by atoms with Gasteiger partial charge >= 0.3 is 75.9 Å². The van der Waals surface area contributed by atoms with E-state index in [1.807, 2.05) is 0 Å². The summed E-state index contributed by atoms with van der Waals surface area (Å²) in [6.07, 6.45) is 0. The molecule has 0 fully saturated rings. The second-order valence-electron chi connectivity index (χ2n) is 0. The van der Waals surface area contributed by atoms with Gasteiger partial charge in [-0.2, -0.15) is 0 Å². The first kappa shape index (κ1) is 118. The van der Waals surface area contributed by atoms with E-state index < -0.39 is 0 Å². The molecule has 4 nitrogen and oxygen atoms in total. The van der Waals surface area contributed by atoms with Gasteiger partial charge in [0.1, 0.15) is 0 Å². The van der Waals surface area contributed by atoms with Crippen LogP contribution in [-0.4, -0.2) is 21.9 Å². The first-order valence-electron chi connectivity index (χ1n) is 0. The first-order valence-corrected chi connectivity index (χ1v) is 0. The van der Waals surface area contributed by atoms with Crippen molar-refractivity contribution in [3.05, 3.63) is 0 Å². The fourth-order valence-corrected chi connectivity index (χ4v) is 0. The maximum absolute atomic E-state index is 0. The van der Waals surface area contributed by atoms with E-state index in [1.54, 1.807) is 0 Å². The van der Waals surface area contributed by atoms with Gasteiger partial charge in [-0.15, -0.1) is 0 Å². The van der Waals surface area contributed by atoms with Gasteiger partial charge in [0.15, 0.2) is 0 Å². The van der Waals surface area contributed by atoms with Gasteiger partial charge in [0, 0.05) is 0 Å². The zero-order chi connectivity index (χ0) is 0. The van der Waals surface area contributed by atoms with Gasteiger partial charge in [0.25, 0.3) is 0 Å². The molecular weight excluding hydrogens is 169 g/mol. The van der Waals surface area contributed by atoms with Crippen molar-refractivity contribution in [1.29, 1.82) is 0 Å². The molecule has 0 aliphatic heterocycles.